The molecule has 2 rings (SSSR count). The molecule has 1 aromatic carbocycles. The van der Waals surface area contributed by atoms with Gasteiger partial charge in [0.15, 0.2) is 0 Å². The van der Waals surface area contributed by atoms with Gasteiger partial charge in [0.2, 0.25) is 0 Å². The van der Waals surface area contributed by atoms with Gasteiger partial charge in [-0.3, -0.25) is 10.1 Å². The number of rotatable bonds is 4. The number of hydrogen-bond acceptors (Lipinski definition) is 5. The predicted octanol–water partition coefficient (Wildman–Crippen LogP) is 4.71. The average molecular weight is 348 g/mol. The van der Waals surface area contributed by atoms with Crippen LogP contribution in [0.15, 0.2) is 12.1 Å². The van der Waals surface area contributed by atoms with Crippen LogP contribution >= 0.6 is 0 Å². The van der Waals surface area contributed by atoms with E-state index < -0.39 is 10.9 Å². The second-order valence-electron chi connectivity index (χ2n) is 8.69. The van der Waals surface area contributed by atoms with Crippen LogP contribution in [0.5, 0.6) is 0 Å². The summed E-state index contributed by atoms with van der Waals surface area (Å²) in [5, 5.41) is 14.9. The van der Waals surface area contributed by atoms with Crippen molar-refractivity contribution in [3.63, 3.8) is 0 Å². The number of ether oxygens (including phenoxy) is 1. The normalized spacial score (nSPS) is 19.3. The Bertz CT molecular complexity index is 679. The van der Waals surface area contributed by atoms with Gasteiger partial charge in [-0.2, -0.15) is 0 Å². The molecule has 0 bridgehead atoms. The summed E-state index contributed by atoms with van der Waals surface area (Å²) in [6.07, 6.45) is 3.03. The lowest BCUT2D eigenvalue weighted by molar-refractivity contribution is -0.384. The number of nitrogens with zero attached hydrogens (tertiary/aromatic N) is 1. The van der Waals surface area contributed by atoms with E-state index in [1.54, 1.807) is 13.0 Å². The first-order valence-corrected chi connectivity index (χ1v) is 8.58. The van der Waals surface area contributed by atoms with Gasteiger partial charge in [0.05, 0.1) is 17.6 Å². The zero-order valence-corrected chi connectivity index (χ0v) is 15.9. The Morgan fingerprint density at radius 1 is 1.24 bits per heavy atom. The van der Waals surface area contributed by atoms with Gasteiger partial charge in [-0.05, 0) is 48.6 Å². The molecule has 6 heteroatoms. The van der Waals surface area contributed by atoms with Crippen LogP contribution in [0.2, 0.25) is 0 Å². The van der Waals surface area contributed by atoms with Crippen molar-refractivity contribution in [3.05, 3.63) is 33.4 Å². The van der Waals surface area contributed by atoms with E-state index in [0.29, 0.717) is 11.3 Å². The number of carbonyl (C=O) groups is 1. The first kappa shape index (κ1) is 19.2. The number of anilines is 1. The number of carbonyl (C=O) groups excluding carboxylic acids is 1. The fourth-order valence-corrected chi connectivity index (χ4v) is 4.46. The quantitative estimate of drug-likeness (QED) is 0.484. The van der Waals surface area contributed by atoms with Gasteiger partial charge in [-0.25, -0.2) is 4.79 Å². The molecule has 1 fully saturated rings. The van der Waals surface area contributed by atoms with Gasteiger partial charge >= 0.3 is 5.97 Å². The predicted molar refractivity (Wildman–Crippen MR) is 98.0 cm³/mol. The Kier molecular flexibility index (Phi) is 5.11. The van der Waals surface area contributed by atoms with Crippen LogP contribution < -0.4 is 5.32 Å². The van der Waals surface area contributed by atoms with Crippen molar-refractivity contribution in [2.24, 2.45) is 10.8 Å². The third-order valence-electron chi connectivity index (χ3n) is 4.86. The average Bonchev–Trinajstić information content (AvgIpc) is 2.42. The standard InChI is InChI=1S/C19H28N2O4/c1-12-7-15(16(21(23)24)8-14(12)17(22)25-6)20-13-9-18(2,3)11-19(4,5)10-13/h7-8,13,20H,9-11H2,1-6H3. The van der Waals surface area contributed by atoms with E-state index in [-0.39, 0.29) is 28.1 Å². The Labute approximate surface area is 149 Å². The molecule has 25 heavy (non-hydrogen) atoms. The Balaban J connectivity index is 2.37. The number of benzene rings is 1. The van der Waals surface area contributed by atoms with Crippen LogP contribution in [-0.2, 0) is 4.74 Å². The van der Waals surface area contributed by atoms with Gasteiger partial charge in [0, 0.05) is 12.1 Å². The topological polar surface area (TPSA) is 81.5 Å². The van der Waals surface area contributed by atoms with E-state index in [9.17, 15) is 14.9 Å². The maximum Gasteiger partial charge on any atom is 0.338 e. The molecule has 0 spiro atoms. The SMILES string of the molecule is COC(=O)c1cc([N+](=O)[O-])c(NC2CC(C)(C)CC(C)(C)C2)cc1C. The first-order valence-electron chi connectivity index (χ1n) is 8.58. The molecule has 1 aromatic rings. The van der Waals surface area contributed by atoms with E-state index >= 15 is 0 Å². The molecular weight excluding hydrogens is 320 g/mol. The van der Waals surface area contributed by atoms with Gasteiger partial charge in [0.25, 0.3) is 5.69 Å². The zero-order chi connectivity index (χ0) is 19.0. The lowest BCUT2D eigenvalue weighted by Crippen LogP contribution is -2.40. The van der Waals surface area contributed by atoms with Crippen molar-refractivity contribution < 1.29 is 14.5 Å². The van der Waals surface area contributed by atoms with Crippen LogP contribution in [-0.4, -0.2) is 24.0 Å². The van der Waals surface area contributed by atoms with E-state index in [1.165, 1.54) is 13.2 Å². The maximum absolute atomic E-state index is 11.8. The molecule has 0 aromatic heterocycles. The summed E-state index contributed by atoms with van der Waals surface area (Å²) in [5.41, 5.74) is 1.61. The molecule has 0 radical (unpaired) electrons. The lowest BCUT2D eigenvalue weighted by atomic mass is 9.63. The second kappa shape index (κ2) is 6.65. The highest BCUT2D eigenvalue weighted by molar-refractivity contribution is 5.93. The fourth-order valence-electron chi connectivity index (χ4n) is 4.46. The van der Waals surface area contributed by atoms with Gasteiger partial charge in [0.1, 0.15) is 5.69 Å². The molecule has 1 saturated carbocycles. The maximum atomic E-state index is 11.8. The van der Waals surface area contributed by atoms with Crippen molar-refractivity contribution in [2.45, 2.75) is 59.9 Å². The first-order chi connectivity index (χ1) is 11.4. The largest absolute Gasteiger partial charge is 0.465 e. The van der Waals surface area contributed by atoms with Crippen LogP contribution in [0, 0.1) is 27.9 Å². The van der Waals surface area contributed by atoms with Crippen molar-refractivity contribution in [1.82, 2.24) is 0 Å². The van der Waals surface area contributed by atoms with E-state index in [2.05, 4.69) is 33.0 Å². The van der Waals surface area contributed by atoms with Gasteiger partial charge in [-0.1, -0.05) is 27.7 Å². The summed E-state index contributed by atoms with van der Waals surface area (Å²) in [4.78, 5) is 22.9. The number of nitro benzene ring substituents is 1. The summed E-state index contributed by atoms with van der Waals surface area (Å²) in [6, 6.07) is 3.14. The highest BCUT2D eigenvalue weighted by Gasteiger charge is 2.39. The summed E-state index contributed by atoms with van der Waals surface area (Å²) < 4.78 is 4.71. The molecule has 0 aliphatic heterocycles. The van der Waals surface area contributed by atoms with Crippen molar-refractivity contribution >= 4 is 17.3 Å². The number of methoxy groups -OCH3 is 1. The molecule has 0 amide bonds. The number of hydrogen-bond donors (Lipinski definition) is 1. The van der Waals surface area contributed by atoms with Crippen LogP contribution in [0.25, 0.3) is 0 Å². The minimum absolute atomic E-state index is 0.0906. The highest BCUT2D eigenvalue weighted by atomic mass is 16.6. The molecule has 0 saturated heterocycles. The smallest absolute Gasteiger partial charge is 0.338 e. The zero-order valence-electron chi connectivity index (χ0n) is 15.9. The molecule has 0 unspecified atom stereocenters. The monoisotopic (exact) mass is 348 g/mol. The number of aryl methyl sites for hydroxylation is 1. The van der Waals surface area contributed by atoms with E-state index in [1.807, 2.05) is 0 Å². The summed E-state index contributed by atoms with van der Waals surface area (Å²) in [7, 11) is 1.27. The molecule has 6 nitrogen and oxygen atoms in total. The van der Waals surface area contributed by atoms with E-state index in [0.717, 1.165) is 19.3 Å². The van der Waals surface area contributed by atoms with Crippen LogP contribution in [0.4, 0.5) is 11.4 Å². The highest BCUT2D eigenvalue weighted by Crippen LogP contribution is 2.47. The van der Waals surface area contributed by atoms with Crippen LogP contribution in [0.1, 0.15) is 62.9 Å². The van der Waals surface area contributed by atoms with Crippen molar-refractivity contribution in [3.8, 4) is 0 Å². The Morgan fingerprint density at radius 2 is 1.80 bits per heavy atom. The Morgan fingerprint density at radius 3 is 2.28 bits per heavy atom. The van der Waals surface area contributed by atoms with Crippen molar-refractivity contribution in [1.29, 1.82) is 0 Å². The van der Waals surface area contributed by atoms with E-state index in [4.69, 9.17) is 4.74 Å². The van der Waals surface area contributed by atoms with Gasteiger partial charge in [-0.15, -0.1) is 0 Å². The molecule has 0 heterocycles. The van der Waals surface area contributed by atoms with Gasteiger partial charge < -0.3 is 10.1 Å². The molecule has 1 N–H and O–H groups in total. The number of nitro groups is 1. The third-order valence-corrected chi connectivity index (χ3v) is 4.86. The minimum Gasteiger partial charge on any atom is -0.465 e. The third kappa shape index (κ3) is 4.50. The van der Waals surface area contributed by atoms with Crippen molar-refractivity contribution in [2.75, 3.05) is 12.4 Å². The summed E-state index contributed by atoms with van der Waals surface area (Å²) >= 11 is 0. The molecule has 1 aliphatic rings. The Hall–Kier alpha value is -2.11. The number of nitrogens with one attached hydrogen (secondary N) is 1. The second-order valence-corrected chi connectivity index (χ2v) is 8.69. The fraction of sp³-hybridized carbons (Fsp3) is 0.632. The lowest BCUT2D eigenvalue weighted by Gasteiger charge is -2.45. The van der Waals surface area contributed by atoms with Crippen LogP contribution in [0.3, 0.4) is 0 Å². The molecule has 138 valence electrons. The summed E-state index contributed by atoms with van der Waals surface area (Å²) in [6.45, 7) is 10.7. The minimum atomic E-state index is -0.563. The molecule has 0 atom stereocenters. The molecular formula is C19H28N2O4. The molecule has 1 aliphatic carbocycles. The number of esters is 1. The summed E-state index contributed by atoms with van der Waals surface area (Å²) in [5.74, 6) is -0.563.